The van der Waals surface area contributed by atoms with Gasteiger partial charge in [-0.25, -0.2) is 4.21 Å². The summed E-state index contributed by atoms with van der Waals surface area (Å²) in [5.41, 5.74) is -1.50. The summed E-state index contributed by atoms with van der Waals surface area (Å²) in [4.78, 5) is 23.9. The molecular weight excluding hydrogens is 347 g/mol. The van der Waals surface area contributed by atoms with Crippen LogP contribution in [0.1, 0.15) is 28.8 Å². The van der Waals surface area contributed by atoms with Crippen LogP contribution in [-0.4, -0.2) is 22.9 Å². The summed E-state index contributed by atoms with van der Waals surface area (Å²) >= 11 is -2.34. The van der Waals surface area contributed by atoms with Gasteiger partial charge in [0.2, 0.25) is 0 Å². The van der Waals surface area contributed by atoms with Crippen LogP contribution < -0.4 is 0 Å². The zero-order chi connectivity index (χ0) is 18.1. The first-order chi connectivity index (χ1) is 11.2. The SMILES string of the molecule is COS(=O)c1cc(C(F)(F)F)ccc1C(=O)C(C#N)C(=O)C1CC1. The summed E-state index contributed by atoms with van der Waals surface area (Å²) in [5, 5.41) is 9.10. The van der Waals surface area contributed by atoms with E-state index >= 15 is 0 Å². The monoisotopic (exact) mass is 359 g/mol. The third-order valence-corrected chi connectivity index (χ3v) is 4.56. The molecule has 128 valence electrons. The van der Waals surface area contributed by atoms with E-state index in [4.69, 9.17) is 5.26 Å². The first kappa shape index (κ1) is 18.3. The second-order valence-electron chi connectivity index (χ2n) is 5.21. The van der Waals surface area contributed by atoms with E-state index in [2.05, 4.69) is 4.18 Å². The Morgan fingerprint density at radius 2 is 2.00 bits per heavy atom. The predicted octanol–water partition coefficient (Wildman–Crippen LogP) is 2.68. The number of benzene rings is 1. The van der Waals surface area contributed by atoms with Crippen molar-refractivity contribution in [3.8, 4) is 6.07 Å². The minimum Gasteiger partial charge on any atom is -0.297 e. The Labute approximate surface area is 138 Å². The van der Waals surface area contributed by atoms with Gasteiger partial charge in [-0.05, 0) is 31.0 Å². The van der Waals surface area contributed by atoms with Gasteiger partial charge in [0.15, 0.2) is 28.6 Å². The summed E-state index contributed by atoms with van der Waals surface area (Å²) in [6, 6.07) is 3.58. The number of alkyl halides is 3. The minimum absolute atomic E-state index is 0.371. The van der Waals surface area contributed by atoms with Gasteiger partial charge in [0.05, 0.1) is 23.6 Å². The Kier molecular flexibility index (Phi) is 5.20. The van der Waals surface area contributed by atoms with Crippen molar-refractivity contribution < 1.29 is 31.2 Å². The fourth-order valence-electron chi connectivity index (χ4n) is 2.14. The quantitative estimate of drug-likeness (QED) is 0.576. The van der Waals surface area contributed by atoms with Crippen molar-refractivity contribution in [3.05, 3.63) is 29.3 Å². The van der Waals surface area contributed by atoms with Gasteiger partial charge >= 0.3 is 6.18 Å². The van der Waals surface area contributed by atoms with Gasteiger partial charge in [-0.3, -0.25) is 13.8 Å². The van der Waals surface area contributed by atoms with E-state index in [0.29, 0.717) is 25.0 Å². The fourth-order valence-corrected chi connectivity index (χ4v) is 2.89. The molecule has 0 aliphatic heterocycles. The zero-order valence-corrected chi connectivity index (χ0v) is 13.2. The number of nitriles is 1. The number of carbonyl (C=O) groups is 2. The summed E-state index contributed by atoms with van der Waals surface area (Å²) in [7, 11) is 1.00. The van der Waals surface area contributed by atoms with Crippen LogP contribution >= 0.6 is 0 Å². The Balaban J connectivity index is 2.48. The minimum atomic E-state index is -4.70. The lowest BCUT2D eigenvalue weighted by molar-refractivity contribution is -0.137. The maximum Gasteiger partial charge on any atom is 0.416 e. The van der Waals surface area contributed by atoms with E-state index < -0.39 is 45.2 Å². The molecule has 1 saturated carbocycles. The van der Waals surface area contributed by atoms with Crippen LogP contribution in [0.4, 0.5) is 13.2 Å². The molecule has 2 atom stereocenters. The van der Waals surface area contributed by atoms with Crippen LogP contribution in [0.25, 0.3) is 0 Å². The summed E-state index contributed by atoms with van der Waals surface area (Å²) in [6.07, 6.45) is -3.55. The number of hydrogen-bond acceptors (Lipinski definition) is 5. The van der Waals surface area contributed by atoms with Crippen molar-refractivity contribution in [1.82, 2.24) is 0 Å². The van der Waals surface area contributed by atoms with Crippen molar-refractivity contribution in [2.24, 2.45) is 11.8 Å². The van der Waals surface area contributed by atoms with Gasteiger partial charge in [-0.15, -0.1) is 0 Å². The second kappa shape index (κ2) is 6.83. The van der Waals surface area contributed by atoms with Crippen molar-refractivity contribution in [1.29, 1.82) is 5.26 Å². The molecule has 2 rings (SSSR count). The number of carbonyl (C=O) groups excluding carboxylic acids is 2. The zero-order valence-electron chi connectivity index (χ0n) is 12.4. The topological polar surface area (TPSA) is 84.2 Å². The highest BCUT2D eigenvalue weighted by atomic mass is 32.2. The van der Waals surface area contributed by atoms with Crippen LogP contribution in [0.3, 0.4) is 0 Å². The number of halogens is 3. The molecule has 0 radical (unpaired) electrons. The summed E-state index contributed by atoms with van der Waals surface area (Å²) in [5.74, 6) is -3.52. The van der Waals surface area contributed by atoms with E-state index in [9.17, 15) is 27.0 Å². The van der Waals surface area contributed by atoms with Crippen LogP contribution in [0.15, 0.2) is 23.1 Å². The van der Waals surface area contributed by atoms with Crippen LogP contribution in [0.5, 0.6) is 0 Å². The molecule has 2 unspecified atom stereocenters. The number of ketones is 2. The Morgan fingerprint density at radius 3 is 2.46 bits per heavy atom. The van der Waals surface area contributed by atoms with Crippen LogP contribution in [0.2, 0.25) is 0 Å². The number of rotatable bonds is 6. The highest BCUT2D eigenvalue weighted by Gasteiger charge is 2.40. The van der Waals surface area contributed by atoms with Crippen molar-refractivity contribution >= 4 is 22.6 Å². The molecule has 0 amide bonds. The lowest BCUT2D eigenvalue weighted by atomic mass is 9.92. The molecule has 0 spiro atoms. The number of nitrogens with zero attached hydrogens (tertiary/aromatic N) is 1. The molecule has 5 nitrogen and oxygen atoms in total. The lowest BCUT2D eigenvalue weighted by Gasteiger charge is -2.13. The smallest absolute Gasteiger partial charge is 0.297 e. The highest BCUT2D eigenvalue weighted by Crippen LogP contribution is 2.35. The molecule has 0 bridgehead atoms. The van der Waals surface area contributed by atoms with Gasteiger partial charge < -0.3 is 0 Å². The summed E-state index contributed by atoms with van der Waals surface area (Å²) in [6.45, 7) is 0. The van der Waals surface area contributed by atoms with E-state index in [0.717, 1.165) is 13.2 Å². The maximum atomic E-state index is 12.8. The van der Waals surface area contributed by atoms with Gasteiger partial charge in [0.25, 0.3) is 0 Å². The van der Waals surface area contributed by atoms with E-state index in [1.807, 2.05) is 0 Å². The first-order valence-corrected chi connectivity index (χ1v) is 7.93. The van der Waals surface area contributed by atoms with Gasteiger partial charge in [-0.1, -0.05) is 0 Å². The summed E-state index contributed by atoms with van der Waals surface area (Å²) < 4.78 is 54.8. The lowest BCUT2D eigenvalue weighted by Crippen LogP contribution is -2.25. The normalized spacial score (nSPS) is 17.0. The second-order valence-corrected chi connectivity index (χ2v) is 6.46. The number of hydrogen-bond donors (Lipinski definition) is 0. The van der Waals surface area contributed by atoms with Gasteiger partial charge in [0.1, 0.15) is 0 Å². The molecule has 1 aromatic carbocycles. The maximum absolute atomic E-state index is 12.8. The highest BCUT2D eigenvalue weighted by molar-refractivity contribution is 7.80. The fraction of sp³-hybridized carbons (Fsp3) is 0.400. The Hall–Kier alpha value is -2.05. The molecule has 1 aromatic rings. The molecule has 0 saturated heterocycles. The van der Waals surface area contributed by atoms with Crippen molar-refractivity contribution in [2.75, 3.05) is 7.11 Å². The Morgan fingerprint density at radius 1 is 1.38 bits per heavy atom. The number of Topliss-reactive ketones (excluding diaryl/α,β-unsaturated/α-hetero) is 2. The third-order valence-electron chi connectivity index (χ3n) is 3.56. The molecule has 1 aliphatic carbocycles. The standard InChI is InChI=1S/C15H12F3NO4S/c1-23-24(22)12-6-9(15(16,17)18)4-5-10(12)14(21)11(7-19)13(20)8-2-3-8/h4-6,8,11H,2-3H2,1H3. The molecule has 1 aliphatic rings. The van der Waals surface area contributed by atoms with Crippen LogP contribution in [-0.2, 0) is 26.2 Å². The molecule has 0 heterocycles. The molecule has 0 N–H and O–H groups in total. The van der Waals surface area contributed by atoms with Gasteiger partial charge in [-0.2, -0.15) is 18.4 Å². The average Bonchev–Trinajstić information content (AvgIpc) is 3.38. The average molecular weight is 359 g/mol. The van der Waals surface area contributed by atoms with E-state index in [1.54, 1.807) is 6.07 Å². The first-order valence-electron chi connectivity index (χ1n) is 6.85. The third kappa shape index (κ3) is 3.71. The molecule has 24 heavy (non-hydrogen) atoms. The van der Waals surface area contributed by atoms with Crippen LogP contribution in [0, 0.1) is 23.2 Å². The van der Waals surface area contributed by atoms with E-state index in [-0.39, 0.29) is 11.5 Å². The predicted molar refractivity (Wildman–Crippen MR) is 76.0 cm³/mol. The molecule has 9 heteroatoms. The largest absolute Gasteiger partial charge is 0.416 e. The van der Waals surface area contributed by atoms with E-state index in [1.165, 1.54) is 0 Å². The molecule has 1 fully saturated rings. The van der Waals surface area contributed by atoms with Crippen molar-refractivity contribution in [3.63, 3.8) is 0 Å². The van der Waals surface area contributed by atoms with Crippen molar-refractivity contribution in [2.45, 2.75) is 23.9 Å². The van der Waals surface area contributed by atoms with Gasteiger partial charge in [0, 0.05) is 11.5 Å². The molecule has 0 aromatic heterocycles. The molecular formula is C15H12F3NO4S. The Bertz CT molecular complexity index is 750.